The largest absolute Gasteiger partial charge is 0.490 e. The number of rotatable bonds is 5. The summed E-state index contributed by atoms with van der Waals surface area (Å²) in [5.41, 5.74) is 0.399. The minimum Gasteiger partial charge on any atom is -0.490 e. The molecule has 0 saturated carbocycles. The number of benzene rings is 1. The summed E-state index contributed by atoms with van der Waals surface area (Å²) in [6.07, 6.45) is 3.24. The van der Waals surface area contributed by atoms with E-state index in [1.165, 1.54) is 0 Å². The van der Waals surface area contributed by atoms with Crippen LogP contribution in [0.3, 0.4) is 0 Å². The Labute approximate surface area is 134 Å². The number of hydrogen-bond acceptors (Lipinski definition) is 5. The van der Waals surface area contributed by atoms with Gasteiger partial charge in [0.1, 0.15) is 5.69 Å². The highest BCUT2D eigenvalue weighted by atomic mass is 16.5. The molecule has 0 spiro atoms. The number of carbonyl (C=O) groups excluding carboxylic acids is 1. The lowest BCUT2D eigenvalue weighted by atomic mass is 10.1. The number of hydrogen-bond donors (Lipinski definition) is 1. The molecule has 0 saturated heterocycles. The molecule has 6 nitrogen and oxygen atoms in total. The molecule has 0 unspecified atom stereocenters. The fraction of sp³-hybridized carbons (Fsp3) is 0.412. The van der Waals surface area contributed by atoms with Crippen molar-refractivity contribution in [3.63, 3.8) is 0 Å². The zero-order valence-electron chi connectivity index (χ0n) is 13.1. The molecule has 0 radical (unpaired) electrons. The number of fused-ring (bicyclic) bond motifs is 2. The van der Waals surface area contributed by atoms with Crippen molar-refractivity contribution in [2.45, 2.75) is 12.8 Å². The Morgan fingerprint density at radius 2 is 2.09 bits per heavy atom. The van der Waals surface area contributed by atoms with Crippen LogP contribution >= 0.6 is 0 Å². The molecule has 122 valence electrons. The molecule has 1 aromatic carbocycles. The first-order valence-electron chi connectivity index (χ1n) is 7.75. The Bertz CT molecular complexity index is 702. The molecule has 2 heterocycles. The molecule has 0 aliphatic carbocycles. The highest BCUT2D eigenvalue weighted by Gasteiger charge is 2.16. The second kappa shape index (κ2) is 7.28. The Balaban J connectivity index is 1.88. The van der Waals surface area contributed by atoms with Gasteiger partial charge < -0.3 is 19.5 Å². The fourth-order valence-electron chi connectivity index (χ4n) is 2.51. The highest BCUT2D eigenvalue weighted by molar-refractivity contribution is 6.06. The standard InChI is InChI=1S/C17H20N2O4/c1-21-7-2-5-19-17(20)16-13-11-15-14(22-8-3-9-23-15)10-12(13)4-6-18-16/h4,6,10-11H,2-3,5,7-9H2,1H3,(H,19,20). The Morgan fingerprint density at radius 1 is 1.30 bits per heavy atom. The molecule has 0 bridgehead atoms. The lowest BCUT2D eigenvalue weighted by molar-refractivity contribution is 0.0945. The molecule has 1 aliphatic rings. The van der Waals surface area contributed by atoms with E-state index in [1.807, 2.05) is 18.2 Å². The van der Waals surface area contributed by atoms with E-state index in [0.29, 0.717) is 43.6 Å². The van der Waals surface area contributed by atoms with Crippen molar-refractivity contribution >= 4 is 16.7 Å². The molecule has 0 atom stereocenters. The lowest BCUT2D eigenvalue weighted by Gasteiger charge is -2.11. The summed E-state index contributed by atoms with van der Waals surface area (Å²) in [5, 5.41) is 4.54. The molecule has 1 aliphatic heterocycles. The van der Waals surface area contributed by atoms with Crippen LogP contribution in [-0.2, 0) is 4.74 Å². The first-order chi connectivity index (χ1) is 11.3. The SMILES string of the molecule is COCCCNC(=O)c1nccc2cc3c(cc12)OCCCO3. The summed E-state index contributed by atoms with van der Waals surface area (Å²) in [5.74, 6) is 1.19. The van der Waals surface area contributed by atoms with Crippen LogP contribution in [-0.4, -0.2) is 44.4 Å². The topological polar surface area (TPSA) is 69.7 Å². The van der Waals surface area contributed by atoms with Gasteiger partial charge >= 0.3 is 0 Å². The zero-order chi connectivity index (χ0) is 16.1. The molecule has 6 heteroatoms. The van der Waals surface area contributed by atoms with Crippen LogP contribution < -0.4 is 14.8 Å². The van der Waals surface area contributed by atoms with Crippen molar-refractivity contribution in [3.8, 4) is 11.5 Å². The van der Waals surface area contributed by atoms with E-state index in [-0.39, 0.29) is 5.91 Å². The molecule has 2 aromatic rings. The van der Waals surface area contributed by atoms with Gasteiger partial charge in [0.25, 0.3) is 5.91 Å². The minimum absolute atomic E-state index is 0.193. The molecule has 23 heavy (non-hydrogen) atoms. The summed E-state index contributed by atoms with van der Waals surface area (Å²) in [4.78, 5) is 16.6. The van der Waals surface area contributed by atoms with E-state index in [4.69, 9.17) is 14.2 Å². The van der Waals surface area contributed by atoms with Gasteiger partial charge in [-0.2, -0.15) is 0 Å². The number of nitrogens with one attached hydrogen (secondary N) is 1. The number of nitrogens with zero attached hydrogens (tertiary/aromatic N) is 1. The summed E-state index contributed by atoms with van der Waals surface area (Å²) in [6.45, 7) is 2.41. The summed E-state index contributed by atoms with van der Waals surface area (Å²) in [6, 6.07) is 5.61. The molecule has 0 fully saturated rings. The third-order valence-electron chi connectivity index (χ3n) is 3.66. The second-order valence-corrected chi connectivity index (χ2v) is 5.33. The molecular weight excluding hydrogens is 296 g/mol. The number of ether oxygens (including phenoxy) is 3. The fourth-order valence-corrected chi connectivity index (χ4v) is 2.51. The molecular formula is C17H20N2O4. The van der Waals surface area contributed by atoms with Crippen molar-refractivity contribution in [3.05, 3.63) is 30.1 Å². The van der Waals surface area contributed by atoms with Crippen LogP contribution in [0.1, 0.15) is 23.3 Å². The average Bonchev–Trinajstić information content (AvgIpc) is 2.80. The van der Waals surface area contributed by atoms with E-state index >= 15 is 0 Å². The smallest absolute Gasteiger partial charge is 0.270 e. The van der Waals surface area contributed by atoms with E-state index in [9.17, 15) is 4.79 Å². The van der Waals surface area contributed by atoms with Crippen molar-refractivity contribution in [1.29, 1.82) is 0 Å². The number of carbonyl (C=O) groups is 1. The van der Waals surface area contributed by atoms with Gasteiger partial charge in [0, 0.05) is 38.3 Å². The van der Waals surface area contributed by atoms with Gasteiger partial charge in [0.15, 0.2) is 11.5 Å². The number of pyridine rings is 1. The van der Waals surface area contributed by atoms with Crippen LogP contribution in [0.5, 0.6) is 11.5 Å². The maximum absolute atomic E-state index is 12.4. The molecule has 3 rings (SSSR count). The van der Waals surface area contributed by atoms with E-state index < -0.39 is 0 Å². The third kappa shape index (κ3) is 3.53. The minimum atomic E-state index is -0.193. The summed E-state index contributed by atoms with van der Waals surface area (Å²) in [7, 11) is 1.64. The van der Waals surface area contributed by atoms with Gasteiger partial charge in [-0.25, -0.2) is 0 Å². The first kappa shape index (κ1) is 15.6. The predicted molar refractivity (Wildman–Crippen MR) is 86.2 cm³/mol. The number of methoxy groups -OCH3 is 1. The molecule has 1 N–H and O–H groups in total. The van der Waals surface area contributed by atoms with Gasteiger partial charge in [-0.1, -0.05) is 0 Å². The number of aromatic nitrogens is 1. The predicted octanol–water partition coefficient (Wildman–Crippen LogP) is 2.16. The van der Waals surface area contributed by atoms with Crippen LogP contribution in [0.25, 0.3) is 10.8 Å². The number of amides is 1. The average molecular weight is 316 g/mol. The van der Waals surface area contributed by atoms with E-state index in [2.05, 4.69) is 10.3 Å². The summed E-state index contributed by atoms with van der Waals surface area (Å²) < 4.78 is 16.4. The first-order valence-corrected chi connectivity index (χ1v) is 7.75. The van der Waals surface area contributed by atoms with Crippen LogP contribution in [0.2, 0.25) is 0 Å². The highest BCUT2D eigenvalue weighted by Crippen LogP contribution is 2.34. The van der Waals surface area contributed by atoms with Gasteiger partial charge in [-0.05, 0) is 30.0 Å². The zero-order valence-corrected chi connectivity index (χ0v) is 13.1. The molecule has 1 aromatic heterocycles. The van der Waals surface area contributed by atoms with E-state index in [1.54, 1.807) is 13.3 Å². The van der Waals surface area contributed by atoms with Crippen molar-refractivity contribution in [2.24, 2.45) is 0 Å². The Morgan fingerprint density at radius 3 is 2.87 bits per heavy atom. The van der Waals surface area contributed by atoms with Gasteiger partial charge in [-0.3, -0.25) is 9.78 Å². The van der Waals surface area contributed by atoms with Crippen LogP contribution in [0, 0.1) is 0 Å². The van der Waals surface area contributed by atoms with Gasteiger partial charge in [0.05, 0.1) is 13.2 Å². The second-order valence-electron chi connectivity index (χ2n) is 5.33. The monoisotopic (exact) mass is 316 g/mol. The van der Waals surface area contributed by atoms with Crippen molar-refractivity contribution < 1.29 is 19.0 Å². The maximum atomic E-state index is 12.4. The lowest BCUT2D eigenvalue weighted by Crippen LogP contribution is -2.26. The van der Waals surface area contributed by atoms with Gasteiger partial charge in [0.2, 0.25) is 0 Å². The maximum Gasteiger partial charge on any atom is 0.270 e. The van der Waals surface area contributed by atoms with Crippen LogP contribution in [0.4, 0.5) is 0 Å². The van der Waals surface area contributed by atoms with E-state index in [0.717, 1.165) is 23.6 Å². The van der Waals surface area contributed by atoms with Gasteiger partial charge in [-0.15, -0.1) is 0 Å². The van der Waals surface area contributed by atoms with Crippen molar-refractivity contribution in [2.75, 3.05) is 33.5 Å². The molecule has 1 amide bonds. The van der Waals surface area contributed by atoms with Crippen molar-refractivity contribution in [1.82, 2.24) is 10.3 Å². The third-order valence-corrected chi connectivity index (χ3v) is 3.66. The Kier molecular flexibility index (Phi) is 4.92. The normalized spacial score (nSPS) is 13.6. The Hall–Kier alpha value is -2.34. The quantitative estimate of drug-likeness (QED) is 0.856. The summed E-state index contributed by atoms with van der Waals surface area (Å²) >= 11 is 0. The van der Waals surface area contributed by atoms with Crippen LogP contribution in [0.15, 0.2) is 24.4 Å².